The Bertz CT molecular complexity index is 512. The van der Waals surface area contributed by atoms with Crippen molar-refractivity contribution in [2.45, 2.75) is 26.4 Å². The zero-order valence-corrected chi connectivity index (χ0v) is 13.1. The van der Waals surface area contributed by atoms with E-state index in [-0.39, 0.29) is 31.1 Å². The van der Waals surface area contributed by atoms with Gasteiger partial charge in [-0.3, -0.25) is 4.57 Å². The monoisotopic (exact) mass is 318 g/mol. The molecule has 0 fully saturated rings. The third-order valence-electron chi connectivity index (χ3n) is 2.51. The van der Waals surface area contributed by atoms with E-state index in [1.165, 1.54) is 6.07 Å². The fraction of sp³-hybridized carbons (Fsp3) is 0.538. The van der Waals surface area contributed by atoms with Crippen molar-refractivity contribution < 1.29 is 32.4 Å². The standard InChI is InChI=1S/C13H19O7P/c1-4-17-13(15)10-7-11(18-9-10)12(8-14)21(16,19-5-2)20-6-3/h7-9,12H,4-6H2,1-3H3. The van der Waals surface area contributed by atoms with E-state index in [0.29, 0.717) is 6.29 Å². The molecule has 1 aromatic rings. The number of rotatable bonds is 9. The molecule has 0 saturated heterocycles. The van der Waals surface area contributed by atoms with Crippen molar-refractivity contribution in [2.24, 2.45) is 0 Å². The molecule has 0 saturated carbocycles. The van der Waals surface area contributed by atoms with Crippen LogP contribution in [0.3, 0.4) is 0 Å². The lowest BCUT2D eigenvalue weighted by atomic mass is 10.3. The number of esters is 1. The minimum Gasteiger partial charge on any atom is -0.467 e. The van der Waals surface area contributed by atoms with Crippen molar-refractivity contribution in [3.8, 4) is 0 Å². The fourth-order valence-corrected chi connectivity index (χ4v) is 3.40. The van der Waals surface area contributed by atoms with Gasteiger partial charge in [-0.05, 0) is 26.8 Å². The average molecular weight is 318 g/mol. The van der Waals surface area contributed by atoms with Gasteiger partial charge >= 0.3 is 13.6 Å². The minimum absolute atomic E-state index is 0.0401. The summed E-state index contributed by atoms with van der Waals surface area (Å²) in [6, 6.07) is 1.31. The molecule has 0 N–H and O–H groups in total. The van der Waals surface area contributed by atoms with Gasteiger partial charge in [0.1, 0.15) is 18.3 Å². The summed E-state index contributed by atoms with van der Waals surface area (Å²) in [4.78, 5) is 22.9. The highest BCUT2D eigenvalue weighted by Crippen LogP contribution is 2.60. The maximum Gasteiger partial charge on any atom is 0.348 e. The Hall–Kier alpha value is -1.43. The maximum atomic E-state index is 12.6. The Labute approximate surface area is 123 Å². The van der Waals surface area contributed by atoms with Crippen LogP contribution < -0.4 is 0 Å². The van der Waals surface area contributed by atoms with Crippen molar-refractivity contribution >= 4 is 19.9 Å². The molecule has 0 aliphatic carbocycles. The third-order valence-corrected chi connectivity index (χ3v) is 4.80. The van der Waals surface area contributed by atoms with Gasteiger partial charge in [0.25, 0.3) is 0 Å². The molecule has 0 spiro atoms. The smallest absolute Gasteiger partial charge is 0.348 e. The Morgan fingerprint density at radius 3 is 2.38 bits per heavy atom. The molecule has 1 unspecified atom stereocenters. The summed E-state index contributed by atoms with van der Waals surface area (Å²) in [5.41, 5.74) is -1.08. The number of aldehydes is 1. The second-order valence-electron chi connectivity index (χ2n) is 3.91. The summed E-state index contributed by atoms with van der Waals surface area (Å²) < 4.78 is 32.8. The summed E-state index contributed by atoms with van der Waals surface area (Å²) in [7, 11) is -3.70. The Morgan fingerprint density at radius 1 is 1.29 bits per heavy atom. The van der Waals surface area contributed by atoms with Crippen LogP contribution >= 0.6 is 7.60 Å². The number of hydrogen-bond acceptors (Lipinski definition) is 7. The third kappa shape index (κ3) is 4.27. The first-order chi connectivity index (χ1) is 10.0. The van der Waals surface area contributed by atoms with E-state index in [1.54, 1.807) is 20.8 Å². The van der Waals surface area contributed by atoms with Crippen LogP contribution in [0, 0.1) is 0 Å². The SMILES string of the molecule is CCOC(=O)c1coc(C(C=O)P(=O)(OCC)OCC)c1. The van der Waals surface area contributed by atoms with Gasteiger partial charge in [0.2, 0.25) is 0 Å². The van der Waals surface area contributed by atoms with Crippen LogP contribution in [-0.4, -0.2) is 32.1 Å². The second-order valence-corrected chi connectivity index (χ2v) is 6.07. The molecule has 8 heteroatoms. The zero-order valence-electron chi connectivity index (χ0n) is 12.2. The molecule has 0 aliphatic rings. The molecule has 0 amide bonds. The van der Waals surface area contributed by atoms with Gasteiger partial charge in [0, 0.05) is 0 Å². The number of furan rings is 1. The lowest BCUT2D eigenvalue weighted by molar-refractivity contribution is -0.108. The molecule has 1 atom stereocenters. The van der Waals surface area contributed by atoms with Gasteiger partial charge in [-0.1, -0.05) is 0 Å². The molecule has 0 aromatic carbocycles. The van der Waals surface area contributed by atoms with Crippen LogP contribution in [0.5, 0.6) is 0 Å². The van der Waals surface area contributed by atoms with Gasteiger partial charge in [-0.2, -0.15) is 0 Å². The normalized spacial score (nSPS) is 12.9. The van der Waals surface area contributed by atoms with E-state index in [9.17, 15) is 14.2 Å². The summed E-state index contributed by atoms with van der Waals surface area (Å²) in [5, 5.41) is 0. The van der Waals surface area contributed by atoms with Crippen molar-refractivity contribution in [3.05, 3.63) is 23.7 Å². The molecule has 1 rings (SSSR count). The van der Waals surface area contributed by atoms with Crippen LogP contribution in [-0.2, 0) is 23.1 Å². The number of hydrogen-bond donors (Lipinski definition) is 0. The maximum absolute atomic E-state index is 12.6. The van der Waals surface area contributed by atoms with Crippen LogP contribution in [0.2, 0.25) is 0 Å². The summed E-state index contributed by atoms with van der Waals surface area (Å²) in [6.07, 6.45) is 1.58. The van der Waals surface area contributed by atoms with Crippen LogP contribution in [0.25, 0.3) is 0 Å². The fourth-order valence-electron chi connectivity index (χ4n) is 1.68. The first-order valence-corrected chi connectivity index (χ1v) is 8.23. The molecule has 1 aromatic heterocycles. The van der Waals surface area contributed by atoms with Crippen molar-refractivity contribution in [2.75, 3.05) is 19.8 Å². The van der Waals surface area contributed by atoms with Crippen molar-refractivity contribution in [3.63, 3.8) is 0 Å². The molecule has 21 heavy (non-hydrogen) atoms. The first kappa shape index (κ1) is 17.6. The van der Waals surface area contributed by atoms with Crippen molar-refractivity contribution in [1.82, 2.24) is 0 Å². The molecule has 0 bridgehead atoms. The number of ether oxygens (including phenoxy) is 1. The van der Waals surface area contributed by atoms with E-state index in [4.69, 9.17) is 18.2 Å². The lowest BCUT2D eigenvalue weighted by Crippen LogP contribution is -2.08. The average Bonchev–Trinajstić information content (AvgIpc) is 2.89. The zero-order chi connectivity index (χ0) is 15.9. The highest BCUT2D eigenvalue weighted by Gasteiger charge is 2.39. The van der Waals surface area contributed by atoms with Gasteiger partial charge in [0.05, 0.1) is 25.4 Å². The number of carbonyl (C=O) groups excluding carboxylic acids is 2. The van der Waals surface area contributed by atoms with E-state index in [1.807, 2.05) is 0 Å². The Morgan fingerprint density at radius 2 is 1.90 bits per heavy atom. The molecule has 1 heterocycles. The van der Waals surface area contributed by atoms with Crippen LogP contribution in [0.15, 0.2) is 16.7 Å². The lowest BCUT2D eigenvalue weighted by Gasteiger charge is -2.20. The summed E-state index contributed by atoms with van der Waals surface area (Å²) >= 11 is 0. The van der Waals surface area contributed by atoms with Gasteiger partial charge in [-0.15, -0.1) is 0 Å². The second kappa shape index (κ2) is 8.12. The summed E-state index contributed by atoms with van der Waals surface area (Å²) in [6.45, 7) is 5.40. The van der Waals surface area contributed by atoms with Crippen molar-refractivity contribution in [1.29, 1.82) is 0 Å². The van der Waals surface area contributed by atoms with E-state index in [0.717, 1.165) is 6.26 Å². The number of carbonyl (C=O) groups is 2. The Kier molecular flexibility index (Phi) is 6.81. The van der Waals surface area contributed by atoms with Gasteiger partial charge in [-0.25, -0.2) is 4.79 Å². The van der Waals surface area contributed by atoms with E-state index in [2.05, 4.69) is 0 Å². The molecular formula is C13H19O7P. The molecule has 118 valence electrons. The highest BCUT2D eigenvalue weighted by molar-refractivity contribution is 7.55. The molecule has 0 radical (unpaired) electrons. The van der Waals surface area contributed by atoms with Crippen LogP contribution in [0.1, 0.15) is 42.5 Å². The highest BCUT2D eigenvalue weighted by atomic mass is 31.2. The predicted octanol–water partition coefficient (Wildman–Crippen LogP) is 2.96. The largest absolute Gasteiger partial charge is 0.467 e. The molecule has 7 nitrogen and oxygen atoms in total. The summed E-state index contributed by atoms with van der Waals surface area (Å²) in [5.74, 6) is -0.543. The van der Waals surface area contributed by atoms with E-state index < -0.39 is 19.2 Å². The predicted molar refractivity (Wildman–Crippen MR) is 74.3 cm³/mol. The molecule has 0 aliphatic heterocycles. The quantitative estimate of drug-likeness (QED) is 0.392. The van der Waals surface area contributed by atoms with E-state index >= 15 is 0 Å². The van der Waals surface area contributed by atoms with Gasteiger partial charge < -0.3 is 23.0 Å². The minimum atomic E-state index is -3.70. The Balaban J connectivity index is 3.06. The van der Waals surface area contributed by atoms with Gasteiger partial charge in [0.15, 0.2) is 5.66 Å². The topological polar surface area (TPSA) is 92.0 Å². The molecular weight excluding hydrogens is 299 g/mol. The van der Waals surface area contributed by atoms with Crippen LogP contribution in [0.4, 0.5) is 0 Å². The first-order valence-electron chi connectivity index (χ1n) is 6.62.